The second kappa shape index (κ2) is 12.2. The van der Waals surface area contributed by atoms with Crippen molar-refractivity contribution in [3.63, 3.8) is 0 Å². The van der Waals surface area contributed by atoms with Gasteiger partial charge in [0, 0.05) is 41.0 Å². The molecule has 0 fully saturated rings. The van der Waals surface area contributed by atoms with Crippen LogP contribution in [0, 0.1) is 13.8 Å². The van der Waals surface area contributed by atoms with Crippen LogP contribution in [0.4, 0.5) is 42.1 Å². The first kappa shape index (κ1) is 32.1. The Kier molecular flexibility index (Phi) is 9.33. The van der Waals surface area contributed by atoms with Gasteiger partial charge in [0.2, 0.25) is 0 Å². The second-order valence-electron chi connectivity index (χ2n) is 9.47. The summed E-state index contributed by atoms with van der Waals surface area (Å²) in [4.78, 5) is 38.3. The monoisotopic (exact) mass is 598 g/mol. The van der Waals surface area contributed by atoms with Gasteiger partial charge in [-0.15, -0.1) is 0 Å². The predicted octanol–water partition coefficient (Wildman–Crippen LogP) is 7.36. The summed E-state index contributed by atoms with van der Waals surface area (Å²) in [6, 6.07) is 14.5. The van der Waals surface area contributed by atoms with Gasteiger partial charge in [0.1, 0.15) is 0 Å². The molecule has 2 N–H and O–H groups in total. The number of rotatable bonds is 9. The molecule has 2 amide bonds. The van der Waals surface area contributed by atoms with Gasteiger partial charge in [-0.1, -0.05) is 36.4 Å². The van der Waals surface area contributed by atoms with Gasteiger partial charge >= 0.3 is 24.0 Å². The standard InChI is InChI=1S/C29H25F7N2O4/c1-17-14-21(27(30,28(31,32)33)29(34,35)36)15-18(2)24(17)38(13-7-12-23(39)40)26(42)20-10-6-11-22(16-20)37-25(41)19-8-4-3-5-9-19/h3-6,8-11,14-16H,7,12-13H2,1-2H3,(H,37,41)(H,39,40). The van der Waals surface area contributed by atoms with E-state index in [9.17, 15) is 45.1 Å². The summed E-state index contributed by atoms with van der Waals surface area (Å²) in [7, 11) is 0. The lowest BCUT2D eigenvalue weighted by atomic mass is 9.90. The Balaban J connectivity index is 2.05. The number of carbonyl (C=O) groups is 3. The number of nitrogens with one attached hydrogen (secondary N) is 1. The summed E-state index contributed by atoms with van der Waals surface area (Å²) in [6.45, 7) is 1.95. The van der Waals surface area contributed by atoms with Gasteiger partial charge in [-0.05, 0) is 61.7 Å². The highest BCUT2D eigenvalue weighted by atomic mass is 19.4. The SMILES string of the molecule is Cc1cc(C(F)(C(F)(F)F)C(F)(F)F)cc(C)c1N(CCCC(=O)O)C(=O)c1cccc(NC(=O)c2ccccc2)c1. The van der Waals surface area contributed by atoms with Crippen LogP contribution in [0.2, 0.25) is 0 Å². The summed E-state index contributed by atoms with van der Waals surface area (Å²) >= 11 is 0. The molecule has 3 aromatic carbocycles. The molecule has 224 valence electrons. The smallest absolute Gasteiger partial charge is 0.435 e. The zero-order valence-corrected chi connectivity index (χ0v) is 22.2. The number of anilines is 2. The Hall–Kier alpha value is -4.42. The van der Waals surface area contributed by atoms with Crippen LogP contribution in [-0.4, -0.2) is 41.8 Å². The van der Waals surface area contributed by atoms with Crippen molar-refractivity contribution in [2.75, 3.05) is 16.8 Å². The van der Waals surface area contributed by atoms with Crippen molar-refractivity contribution in [2.45, 2.75) is 44.7 Å². The fourth-order valence-electron chi connectivity index (χ4n) is 4.45. The molecule has 0 bridgehead atoms. The molecule has 0 unspecified atom stereocenters. The number of carboxylic acids is 1. The average molecular weight is 599 g/mol. The Morgan fingerprint density at radius 3 is 1.86 bits per heavy atom. The van der Waals surface area contributed by atoms with Crippen molar-refractivity contribution in [3.05, 3.63) is 94.5 Å². The minimum absolute atomic E-state index is 0.0236. The highest BCUT2D eigenvalue weighted by molar-refractivity contribution is 6.09. The van der Waals surface area contributed by atoms with Gasteiger partial charge in [-0.2, -0.15) is 26.3 Å². The van der Waals surface area contributed by atoms with E-state index in [-0.39, 0.29) is 41.0 Å². The number of aliphatic carboxylic acids is 1. The third-order valence-corrected chi connectivity index (χ3v) is 6.36. The minimum atomic E-state index is -6.33. The molecule has 0 aliphatic carbocycles. The van der Waals surface area contributed by atoms with E-state index in [0.29, 0.717) is 17.7 Å². The lowest BCUT2D eigenvalue weighted by molar-refractivity contribution is -0.348. The van der Waals surface area contributed by atoms with Gasteiger partial charge in [0.15, 0.2) is 0 Å². The topological polar surface area (TPSA) is 86.7 Å². The number of halogens is 7. The maximum atomic E-state index is 14.8. The van der Waals surface area contributed by atoms with Gasteiger partial charge in [0.25, 0.3) is 11.8 Å². The van der Waals surface area contributed by atoms with Crippen LogP contribution in [0.5, 0.6) is 0 Å². The van der Waals surface area contributed by atoms with E-state index in [2.05, 4.69) is 5.32 Å². The molecule has 0 heterocycles. The van der Waals surface area contributed by atoms with Gasteiger partial charge < -0.3 is 15.3 Å². The van der Waals surface area contributed by atoms with Crippen LogP contribution >= 0.6 is 0 Å². The van der Waals surface area contributed by atoms with E-state index in [0.717, 1.165) is 18.7 Å². The van der Waals surface area contributed by atoms with Crippen molar-refractivity contribution < 1.29 is 50.2 Å². The zero-order valence-electron chi connectivity index (χ0n) is 22.2. The van der Waals surface area contributed by atoms with E-state index in [1.807, 2.05) is 0 Å². The number of carboxylic acid groups (broad SMARTS) is 1. The Labute approximate surface area is 235 Å². The summed E-state index contributed by atoms with van der Waals surface area (Å²) in [5, 5.41) is 11.7. The summed E-state index contributed by atoms with van der Waals surface area (Å²) in [5.41, 5.74) is -7.53. The van der Waals surface area contributed by atoms with Gasteiger partial charge in [-0.25, -0.2) is 4.39 Å². The molecule has 3 aromatic rings. The lowest BCUT2D eigenvalue weighted by Gasteiger charge is -2.32. The first-order chi connectivity index (χ1) is 19.5. The normalized spacial score (nSPS) is 12.1. The Bertz CT molecular complexity index is 1430. The summed E-state index contributed by atoms with van der Waals surface area (Å²) < 4.78 is 95.1. The maximum Gasteiger partial charge on any atom is 0.435 e. The molecule has 0 radical (unpaired) electrons. The molecule has 0 spiro atoms. The molecule has 6 nitrogen and oxygen atoms in total. The fourth-order valence-corrected chi connectivity index (χ4v) is 4.45. The van der Waals surface area contributed by atoms with E-state index >= 15 is 0 Å². The van der Waals surface area contributed by atoms with Crippen molar-refractivity contribution in [1.29, 1.82) is 0 Å². The molecular formula is C29H25F7N2O4. The van der Waals surface area contributed by atoms with E-state index < -0.39 is 47.8 Å². The summed E-state index contributed by atoms with van der Waals surface area (Å²) in [5.74, 6) is -2.47. The number of benzene rings is 3. The zero-order chi connectivity index (χ0) is 31.5. The third-order valence-electron chi connectivity index (χ3n) is 6.36. The maximum absolute atomic E-state index is 14.8. The Morgan fingerprint density at radius 2 is 1.33 bits per heavy atom. The number of amides is 2. The molecule has 0 aliphatic rings. The van der Waals surface area contributed by atoms with Gasteiger partial charge in [0.05, 0.1) is 0 Å². The van der Waals surface area contributed by atoms with Crippen molar-refractivity contribution in [1.82, 2.24) is 0 Å². The van der Waals surface area contributed by atoms with Crippen LogP contribution in [0.15, 0.2) is 66.7 Å². The quantitative estimate of drug-likeness (QED) is 0.252. The molecule has 0 atom stereocenters. The first-order valence-corrected chi connectivity index (χ1v) is 12.4. The first-order valence-electron chi connectivity index (χ1n) is 12.4. The third kappa shape index (κ3) is 6.72. The summed E-state index contributed by atoms with van der Waals surface area (Å²) in [6.07, 6.45) is -13.2. The van der Waals surface area contributed by atoms with Crippen LogP contribution in [0.25, 0.3) is 0 Å². The molecule has 13 heteroatoms. The highest BCUT2D eigenvalue weighted by Gasteiger charge is 2.73. The van der Waals surface area contributed by atoms with Crippen LogP contribution in [-0.2, 0) is 10.5 Å². The fraction of sp³-hybridized carbons (Fsp3) is 0.276. The number of carbonyl (C=O) groups excluding carboxylic acids is 2. The number of aryl methyl sites for hydroxylation is 2. The molecule has 0 aliphatic heterocycles. The largest absolute Gasteiger partial charge is 0.481 e. The number of hydrogen-bond acceptors (Lipinski definition) is 3. The predicted molar refractivity (Wildman–Crippen MR) is 140 cm³/mol. The van der Waals surface area contributed by atoms with Crippen LogP contribution < -0.4 is 10.2 Å². The van der Waals surface area contributed by atoms with E-state index in [1.165, 1.54) is 24.3 Å². The van der Waals surface area contributed by atoms with Crippen molar-refractivity contribution in [3.8, 4) is 0 Å². The molecule has 42 heavy (non-hydrogen) atoms. The molecule has 0 saturated heterocycles. The molecule has 3 rings (SSSR count). The minimum Gasteiger partial charge on any atom is -0.481 e. The van der Waals surface area contributed by atoms with Crippen molar-refractivity contribution in [2.24, 2.45) is 0 Å². The van der Waals surface area contributed by atoms with Crippen molar-refractivity contribution >= 4 is 29.2 Å². The van der Waals surface area contributed by atoms with E-state index in [1.54, 1.807) is 30.3 Å². The van der Waals surface area contributed by atoms with E-state index in [4.69, 9.17) is 5.11 Å². The Morgan fingerprint density at radius 1 is 0.786 bits per heavy atom. The molecular weight excluding hydrogens is 573 g/mol. The number of nitrogens with zero attached hydrogens (tertiary/aromatic N) is 1. The van der Waals surface area contributed by atoms with Crippen LogP contribution in [0.3, 0.4) is 0 Å². The second-order valence-corrected chi connectivity index (χ2v) is 9.47. The molecule has 0 aromatic heterocycles. The molecule has 0 saturated carbocycles. The van der Waals surface area contributed by atoms with Crippen LogP contribution in [0.1, 0.15) is 50.2 Å². The highest BCUT2D eigenvalue weighted by Crippen LogP contribution is 2.54. The average Bonchev–Trinajstić information content (AvgIpc) is 2.90. The number of alkyl halides is 7. The lowest BCUT2D eigenvalue weighted by Crippen LogP contribution is -2.50. The van der Waals surface area contributed by atoms with Gasteiger partial charge in [-0.3, -0.25) is 14.4 Å². The number of hydrogen-bond donors (Lipinski definition) is 2.